The first-order valence-corrected chi connectivity index (χ1v) is 7.20. The highest BCUT2D eigenvalue weighted by molar-refractivity contribution is 5.78. The third-order valence-corrected chi connectivity index (χ3v) is 3.23. The monoisotopic (exact) mass is 258 g/mol. The molecule has 0 aliphatic rings. The molecular weight excluding hydrogens is 228 g/mol. The Hall–Kier alpha value is -0.610. The van der Waals surface area contributed by atoms with Gasteiger partial charge in [0, 0.05) is 6.54 Å². The van der Waals surface area contributed by atoms with E-state index in [0.717, 1.165) is 38.8 Å². The Bertz CT molecular complexity index is 226. The quantitative estimate of drug-likeness (QED) is 0.597. The number of likely N-dealkylation sites (N-methyl/N-ethyl adjacent to an activating group) is 1. The number of rotatable bonds is 11. The first-order chi connectivity index (χ1) is 8.50. The molecule has 0 aromatic carbocycles. The van der Waals surface area contributed by atoms with Crippen molar-refractivity contribution in [1.82, 2.24) is 10.2 Å². The smallest absolute Gasteiger partial charge is 0.324 e. The van der Waals surface area contributed by atoms with Gasteiger partial charge in [-0.15, -0.1) is 0 Å². The molecule has 108 valence electrons. The highest BCUT2D eigenvalue weighted by Gasteiger charge is 2.33. The van der Waals surface area contributed by atoms with Crippen molar-refractivity contribution in [2.24, 2.45) is 0 Å². The number of nitrogens with one attached hydrogen (secondary N) is 1. The topological polar surface area (TPSA) is 52.6 Å². The number of nitrogens with zero attached hydrogens (tertiary/aromatic N) is 1. The number of hydrogen-bond acceptors (Lipinski definition) is 3. The lowest BCUT2D eigenvalue weighted by Crippen LogP contribution is -2.57. The molecule has 0 aromatic heterocycles. The minimum atomic E-state index is -0.837. The van der Waals surface area contributed by atoms with Gasteiger partial charge in [0.1, 0.15) is 5.54 Å². The largest absolute Gasteiger partial charge is 0.480 e. The zero-order valence-corrected chi connectivity index (χ0v) is 12.5. The summed E-state index contributed by atoms with van der Waals surface area (Å²) >= 11 is 0. The maximum absolute atomic E-state index is 11.4. The van der Waals surface area contributed by atoms with E-state index in [2.05, 4.69) is 24.1 Å². The second kappa shape index (κ2) is 9.34. The maximum atomic E-state index is 11.4. The van der Waals surface area contributed by atoms with E-state index in [0.29, 0.717) is 13.1 Å². The van der Waals surface area contributed by atoms with Crippen LogP contribution in [0.5, 0.6) is 0 Å². The summed E-state index contributed by atoms with van der Waals surface area (Å²) in [6.45, 7) is 11.3. The van der Waals surface area contributed by atoms with Gasteiger partial charge in [-0.25, -0.2) is 0 Å². The van der Waals surface area contributed by atoms with Crippen LogP contribution in [0.15, 0.2) is 0 Å². The molecule has 0 spiro atoms. The van der Waals surface area contributed by atoms with Crippen molar-refractivity contribution in [3.63, 3.8) is 0 Å². The molecule has 0 aromatic rings. The minimum Gasteiger partial charge on any atom is -0.480 e. The van der Waals surface area contributed by atoms with Crippen LogP contribution in [0.1, 0.15) is 53.4 Å². The Labute approximate surface area is 112 Å². The van der Waals surface area contributed by atoms with Crippen molar-refractivity contribution in [3.05, 3.63) is 0 Å². The van der Waals surface area contributed by atoms with Crippen molar-refractivity contribution in [3.8, 4) is 0 Å². The average Bonchev–Trinajstić information content (AvgIpc) is 2.32. The molecule has 18 heavy (non-hydrogen) atoms. The van der Waals surface area contributed by atoms with E-state index < -0.39 is 11.5 Å². The van der Waals surface area contributed by atoms with Crippen molar-refractivity contribution in [2.75, 3.05) is 26.2 Å². The maximum Gasteiger partial charge on any atom is 0.324 e. The third kappa shape index (κ3) is 6.36. The van der Waals surface area contributed by atoms with Crippen LogP contribution < -0.4 is 5.32 Å². The van der Waals surface area contributed by atoms with Crippen LogP contribution in [-0.4, -0.2) is 47.7 Å². The van der Waals surface area contributed by atoms with E-state index in [1.807, 2.05) is 6.92 Å². The van der Waals surface area contributed by atoms with E-state index in [9.17, 15) is 9.90 Å². The summed E-state index contributed by atoms with van der Waals surface area (Å²) < 4.78 is 0. The number of carbonyl (C=O) groups is 1. The van der Waals surface area contributed by atoms with Gasteiger partial charge in [0.2, 0.25) is 0 Å². The summed E-state index contributed by atoms with van der Waals surface area (Å²) in [7, 11) is 0. The van der Waals surface area contributed by atoms with Gasteiger partial charge in [0.15, 0.2) is 0 Å². The predicted molar refractivity (Wildman–Crippen MR) is 76.0 cm³/mol. The average molecular weight is 258 g/mol. The van der Waals surface area contributed by atoms with Gasteiger partial charge in [-0.05, 0) is 39.4 Å². The number of carboxylic acid groups (broad SMARTS) is 1. The van der Waals surface area contributed by atoms with Gasteiger partial charge < -0.3 is 15.3 Å². The molecule has 0 amide bonds. The van der Waals surface area contributed by atoms with E-state index in [-0.39, 0.29) is 0 Å². The molecule has 2 N–H and O–H groups in total. The molecule has 4 heteroatoms. The highest BCUT2D eigenvalue weighted by Crippen LogP contribution is 2.10. The fourth-order valence-electron chi connectivity index (χ4n) is 2.07. The molecule has 0 saturated heterocycles. The summed E-state index contributed by atoms with van der Waals surface area (Å²) in [5, 5.41) is 12.5. The zero-order chi connectivity index (χ0) is 14.0. The molecule has 0 saturated carbocycles. The lowest BCUT2D eigenvalue weighted by Gasteiger charge is -2.33. The van der Waals surface area contributed by atoms with Crippen molar-refractivity contribution in [2.45, 2.75) is 58.9 Å². The Morgan fingerprint density at radius 3 is 2.00 bits per heavy atom. The fraction of sp³-hybridized carbons (Fsp3) is 0.929. The van der Waals surface area contributed by atoms with Gasteiger partial charge in [-0.1, -0.05) is 33.6 Å². The van der Waals surface area contributed by atoms with Crippen molar-refractivity contribution in [1.29, 1.82) is 0 Å². The second-order valence-corrected chi connectivity index (χ2v) is 5.15. The molecule has 4 nitrogen and oxygen atoms in total. The normalized spacial score (nSPS) is 14.7. The standard InChI is InChI=1S/C14H30N2O2/c1-5-8-10-16(11-9-6-2)12-14(4,13(17)18)15-7-3/h15H,5-12H2,1-4H3,(H,17,18). The SMILES string of the molecule is CCCCN(CCCC)CC(C)(NCC)C(=O)O. The summed E-state index contributed by atoms with van der Waals surface area (Å²) in [6.07, 6.45) is 4.55. The molecule has 0 radical (unpaired) electrons. The second-order valence-electron chi connectivity index (χ2n) is 5.15. The Morgan fingerprint density at radius 2 is 1.67 bits per heavy atom. The van der Waals surface area contributed by atoms with Gasteiger partial charge in [0.25, 0.3) is 0 Å². The van der Waals surface area contributed by atoms with E-state index in [1.54, 1.807) is 6.92 Å². The number of carboxylic acids is 1. The summed E-state index contributed by atoms with van der Waals surface area (Å²) in [4.78, 5) is 13.7. The zero-order valence-electron chi connectivity index (χ0n) is 12.5. The lowest BCUT2D eigenvalue weighted by atomic mass is 10.0. The van der Waals surface area contributed by atoms with Gasteiger partial charge in [-0.3, -0.25) is 4.79 Å². The Balaban J connectivity index is 4.52. The van der Waals surface area contributed by atoms with E-state index in [4.69, 9.17) is 0 Å². The predicted octanol–water partition coefficient (Wildman–Crippen LogP) is 2.34. The van der Waals surface area contributed by atoms with Crippen LogP contribution in [0, 0.1) is 0 Å². The minimum absolute atomic E-state index is 0.580. The van der Waals surface area contributed by atoms with Gasteiger partial charge >= 0.3 is 5.97 Å². The van der Waals surface area contributed by atoms with E-state index in [1.165, 1.54) is 0 Å². The molecule has 0 fully saturated rings. The molecule has 1 unspecified atom stereocenters. The van der Waals surface area contributed by atoms with Crippen LogP contribution in [-0.2, 0) is 4.79 Å². The van der Waals surface area contributed by atoms with Gasteiger partial charge in [0.05, 0.1) is 0 Å². The summed E-state index contributed by atoms with van der Waals surface area (Å²) in [5.41, 5.74) is -0.837. The first-order valence-electron chi connectivity index (χ1n) is 7.20. The molecule has 0 aliphatic heterocycles. The Kier molecular flexibility index (Phi) is 9.02. The number of hydrogen-bond donors (Lipinski definition) is 2. The molecule has 0 heterocycles. The van der Waals surface area contributed by atoms with Crippen molar-refractivity contribution < 1.29 is 9.90 Å². The highest BCUT2D eigenvalue weighted by atomic mass is 16.4. The van der Waals surface area contributed by atoms with Crippen LogP contribution in [0.2, 0.25) is 0 Å². The number of unbranched alkanes of at least 4 members (excludes halogenated alkanes) is 2. The third-order valence-electron chi connectivity index (χ3n) is 3.23. The lowest BCUT2D eigenvalue weighted by molar-refractivity contribution is -0.145. The summed E-state index contributed by atoms with van der Waals surface area (Å²) in [6, 6.07) is 0. The van der Waals surface area contributed by atoms with E-state index >= 15 is 0 Å². The molecule has 0 bridgehead atoms. The van der Waals surface area contributed by atoms with Crippen LogP contribution >= 0.6 is 0 Å². The molecule has 0 rings (SSSR count). The van der Waals surface area contributed by atoms with Crippen molar-refractivity contribution >= 4 is 5.97 Å². The summed E-state index contributed by atoms with van der Waals surface area (Å²) in [5.74, 6) is -0.762. The van der Waals surface area contributed by atoms with Gasteiger partial charge in [-0.2, -0.15) is 0 Å². The van der Waals surface area contributed by atoms with Crippen LogP contribution in [0.25, 0.3) is 0 Å². The Morgan fingerprint density at radius 1 is 1.17 bits per heavy atom. The molecule has 1 atom stereocenters. The first kappa shape index (κ1) is 17.4. The molecular formula is C14H30N2O2. The van der Waals surface area contributed by atoms with Crippen LogP contribution in [0.3, 0.4) is 0 Å². The molecule has 0 aliphatic carbocycles. The fourth-order valence-corrected chi connectivity index (χ4v) is 2.07. The van der Waals surface area contributed by atoms with Crippen LogP contribution in [0.4, 0.5) is 0 Å². The number of aliphatic carboxylic acids is 1.